The predicted molar refractivity (Wildman–Crippen MR) is 45.4 cm³/mol. The van der Waals surface area contributed by atoms with Gasteiger partial charge in [-0.1, -0.05) is 6.92 Å². The molecule has 1 atom stereocenters. The van der Waals surface area contributed by atoms with Gasteiger partial charge in [-0.15, -0.1) is 0 Å². The zero-order chi connectivity index (χ0) is 8.53. The smallest absolute Gasteiger partial charge is 0.0584 e. The monoisotopic (exact) mass is 161 g/mol. The highest BCUT2D eigenvalue weighted by Crippen LogP contribution is 2.02. The van der Waals surface area contributed by atoms with E-state index in [1.807, 2.05) is 0 Å². The molecule has 0 rings (SSSR count). The van der Waals surface area contributed by atoms with Gasteiger partial charge in [0.05, 0.1) is 6.10 Å². The molecule has 0 aliphatic carbocycles. The Kier molecular flexibility index (Phi) is 7.89. The Balaban J connectivity index is 3.20. The molecular weight excluding hydrogens is 142 g/mol. The molecule has 68 valence electrons. The van der Waals surface area contributed by atoms with E-state index in [0.29, 0.717) is 13.2 Å². The van der Waals surface area contributed by atoms with Gasteiger partial charge < -0.3 is 15.6 Å². The maximum absolute atomic E-state index is 8.48. The number of nitrogens with two attached hydrogens (primary N) is 1. The lowest BCUT2D eigenvalue weighted by Gasteiger charge is -2.14. The summed E-state index contributed by atoms with van der Waals surface area (Å²) in [6.45, 7) is 3.62. The van der Waals surface area contributed by atoms with E-state index in [-0.39, 0.29) is 12.7 Å². The third-order valence-electron chi connectivity index (χ3n) is 1.60. The first-order valence-electron chi connectivity index (χ1n) is 4.27. The molecule has 0 spiro atoms. The number of ether oxygens (including phenoxy) is 1. The van der Waals surface area contributed by atoms with Gasteiger partial charge in [0.1, 0.15) is 0 Å². The Morgan fingerprint density at radius 2 is 2.27 bits per heavy atom. The molecule has 0 amide bonds. The quantitative estimate of drug-likeness (QED) is 0.535. The van der Waals surface area contributed by atoms with Crippen LogP contribution in [0, 0.1) is 0 Å². The summed E-state index contributed by atoms with van der Waals surface area (Å²) < 4.78 is 5.43. The Morgan fingerprint density at radius 1 is 1.55 bits per heavy atom. The van der Waals surface area contributed by atoms with Gasteiger partial charge >= 0.3 is 0 Å². The molecule has 0 bridgehead atoms. The summed E-state index contributed by atoms with van der Waals surface area (Å²) in [4.78, 5) is 0. The molecule has 0 saturated carbocycles. The minimum atomic E-state index is 0.207. The first kappa shape index (κ1) is 10.9. The lowest BCUT2D eigenvalue weighted by molar-refractivity contribution is 0.0381. The van der Waals surface area contributed by atoms with Crippen molar-refractivity contribution in [3.8, 4) is 0 Å². The van der Waals surface area contributed by atoms with Crippen molar-refractivity contribution in [3.05, 3.63) is 0 Å². The van der Waals surface area contributed by atoms with Crippen molar-refractivity contribution in [2.75, 3.05) is 19.8 Å². The van der Waals surface area contributed by atoms with E-state index < -0.39 is 0 Å². The van der Waals surface area contributed by atoms with Crippen LogP contribution in [0.2, 0.25) is 0 Å². The maximum Gasteiger partial charge on any atom is 0.0584 e. The van der Waals surface area contributed by atoms with Crippen molar-refractivity contribution >= 4 is 0 Å². The summed E-state index contributed by atoms with van der Waals surface area (Å²) in [6.07, 6.45) is 2.93. The molecule has 0 aliphatic heterocycles. The fraction of sp³-hybridized carbons (Fsp3) is 1.00. The van der Waals surface area contributed by atoms with Crippen molar-refractivity contribution in [2.45, 2.75) is 32.3 Å². The van der Waals surface area contributed by atoms with E-state index in [1.54, 1.807) is 0 Å². The second-order valence-electron chi connectivity index (χ2n) is 2.56. The first-order valence-corrected chi connectivity index (χ1v) is 4.27. The minimum absolute atomic E-state index is 0.207. The Bertz CT molecular complexity index is 78.5. The second kappa shape index (κ2) is 7.98. The molecule has 0 saturated heterocycles. The highest BCUT2D eigenvalue weighted by molar-refractivity contribution is 4.55. The molecule has 0 aromatic rings. The van der Waals surface area contributed by atoms with E-state index in [4.69, 9.17) is 15.6 Å². The van der Waals surface area contributed by atoms with E-state index in [0.717, 1.165) is 19.3 Å². The van der Waals surface area contributed by atoms with Gasteiger partial charge in [0.25, 0.3) is 0 Å². The van der Waals surface area contributed by atoms with E-state index in [9.17, 15) is 0 Å². The van der Waals surface area contributed by atoms with Gasteiger partial charge in [0.15, 0.2) is 0 Å². The van der Waals surface area contributed by atoms with Crippen molar-refractivity contribution in [1.82, 2.24) is 0 Å². The molecule has 0 aliphatic rings. The van der Waals surface area contributed by atoms with Crippen molar-refractivity contribution < 1.29 is 9.84 Å². The fourth-order valence-corrected chi connectivity index (χ4v) is 0.906. The highest BCUT2D eigenvalue weighted by atomic mass is 16.5. The van der Waals surface area contributed by atoms with Crippen molar-refractivity contribution in [3.63, 3.8) is 0 Å². The number of hydrogen-bond acceptors (Lipinski definition) is 3. The van der Waals surface area contributed by atoms with Crippen LogP contribution in [0.15, 0.2) is 0 Å². The molecule has 3 heteroatoms. The molecule has 0 fully saturated rings. The van der Waals surface area contributed by atoms with Gasteiger partial charge in [-0.2, -0.15) is 0 Å². The average molecular weight is 161 g/mol. The molecule has 0 heterocycles. The third kappa shape index (κ3) is 6.28. The van der Waals surface area contributed by atoms with Crippen LogP contribution in [-0.2, 0) is 4.74 Å². The van der Waals surface area contributed by atoms with Crippen LogP contribution in [0.3, 0.4) is 0 Å². The standard InChI is InChI=1S/C8H19NO2/c1-2-8(4-5-9)11-7-3-6-10/h8,10H,2-7,9H2,1H3. The number of rotatable bonds is 7. The summed E-state index contributed by atoms with van der Waals surface area (Å²) in [7, 11) is 0. The van der Waals surface area contributed by atoms with E-state index in [2.05, 4.69) is 6.92 Å². The Hall–Kier alpha value is -0.120. The highest BCUT2D eigenvalue weighted by Gasteiger charge is 2.03. The number of aliphatic hydroxyl groups excluding tert-OH is 1. The number of aliphatic hydroxyl groups is 1. The molecule has 3 N–H and O–H groups in total. The largest absolute Gasteiger partial charge is 0.396 e. The molecule has 11 heavy (non-hydrogen) atoms. The second-order valence-corrected chi connectivity index (χ2v) is 2.56. The third-order valence-corrected chi connectivity index (χ3v) is 1.60. The zero-order valence-electron chi connectivity index (χ0n) is 7.25. The van der Waals surface area contributed by atoms with Crippen LogP contribution in [0.5, 0.6) is 0 Å². The summed E-state index contributed by atoms with van der Waals surface area (Å²) in [6, 6.07) is 0. The topological polar surface area (TPSA) is 55.5 Å². The number of hydrogen-bond donors (Lipinski definition) is 2. The van der Waals surface area contributed by atoms with Gasteiger partial charge in [0, 0.05) is 13.2 Å². The van der Waals surface area contributed by atoms with E-state index >= 15 is 0 Å². The summed E-state index contributed by atoms with van der Waals surface area (Å²) in [5, 5.41) is 8.48. The van der Waals surface area contributed by atoms with Gasteiger partial charge in [0.2, 0.25) is 0 Å². The zero-order valence-corrected chi connectivity index (χ0v) is 7.25. The van der Waals surface area contributed by atoms with Crippen LogP contribution < -0.4 is 5.73 Å². The molecule has 1 unspecified atom stereocenters. The first-order chi connectivity index (χ1) is 5.35. The minimum Gasteiger partial charge on any atom is -0.396 e. The molecule has 0 radical (unpaired) electrons. The van der Waals surface area contributed by atoms with Crippen LogP contribution in [0.1, 0.15) is 26.2 Å². The Morgan fingerprint density at radius 3 is 2.73 bits per heavy atom. The normalized spacial score (nSPS) is 13.4. The fourth-order valence-electron chi connectivity index (χ4n) is 0.906. The summed E-state index contributed by atoms with van der Waals surface area (Å²) in [5.41, 5.74) is 5.38. The molecule has 0 aromatic carbocycles. The van der Waals surface area contributed by atoms with E-state index in [1.165, 1.54) is 0 Å². The maximum atomic E-state index is 8.48. The molecule has 0 aromatic heterocycles. The summed E-state index contributed by atoms with van der Waals surface area (Å²) >= 11 is 0. The van der Waals surface area contributed by atoms with Gasteiger partial charge in [-0.25, -0.2) is 0 Å². The van der Waals surface area contributed by atoms with Crippen molar-refractivity contribution in [2.24, 2.45) is 5.73 Å². The SMILES string of the molecule is CCC(CCN)OCCCO. The van der Waals surface area contributed by atoms with Crippen LogP contribution >= 0.6 is 0 Å². The molecule has 3 nitrogen and oxygen atoms in total. The Labute approximate surface area is 68.5 Å². The molecular formula is C8H19NO2. The van der Waals surface area contributed by atoms with Gasteiger partial charge in [-0.3, -0.25) is 0 Å². The van der Waals surface area contributed by atoms with Crippen molar-refractivity contribution in [1.29, 1.82) is 0 Å². The lowest BCUT2D eigenvalue weighted by Crippen LogP contribution is -2.17. The van der Waals surface area contributed by atoms with Crippen LogP contribution in [-0.4, -0.2) is 31.0 Å². The van der Waals surface area contributed by atoms with Gasteiger partial charge in [-0.05, 0) is 25.8 Å². The average Bonchev–Trinajstić information content (AvgIpc) is 2.03. The summed E-state index contributed by atoms with van der Waals surface area (Å²) in [5.74, 6) is 0. The lowest BCUT2D eigenvalue weighted by atomic mass is 10.2. The van der Waals surface area contributed by atoms with Crippen LogP contribution in [0.4, 0.5) is 0 Å². The predicted octanol–water partition coefficient (Wildman–Crippen LogP) is 0.513. The van der Waals surface area contributed by atoms with Crippen LogP contribution in [0.25, 0.3) is 0 Å².